The Morgan fingerprint density at radius 2 is 2.44 bits per heavy atom. The summed E-state index contributed by atoms with van der Waals surface area (Å²) in [4.78, 5) is 4.74. The molecule has 2 atom stereocenters. The van der Waals surface area contributed by atoms with E-state index in [1.807, 2.05) is 0 Å². The molecule has 0 spiro atoms. The molecule has 2 aliphatic heterocycles. The Hall–Kier alpha value is -0.0600. The van der Waals surface area contributed by atoms with Crippen molar-refractivity contribution in [1.82, 2.24) is 0 Å². The van der Waals surface area contributed by atoms with Gasteiger partial charge in [0, 0.05) is 6.61 Å². The van der Waals surface area contributed by atoms with Crippen LogP contribution in [0.5, 0.6) is 0 Å². The Balaban J connectivity index is 1.96. The van der Waals surface area contributed by atoms with E-state index < -0.39 is 0 Å². The first-order valence-electron chi connectivity index (χ1n) is 6.28. The normalized spacial score (nSPS) is 33.6. The Labute approximate surface area is 102 Å². The Morgan fingerprint density at radius 1 is 1.56 bits per heavy atom. The van der Waals surface area contributed by atoms with Crippen molar-refractivity contribution in [3.05, 3.63) is 0 Å². The van der Waals surface area contributed by atoms with Gasteiger partial charge in [-0.2, -0.15) is 0 Å². The minimum atomic E-state index is -0.315. The Kier molecular flexibility index (Phi) is 4.27. The molecule has 2 unspecified atom stereocenters. The molecule has 1 fully saturated rings. The second kappa shape index (κ2) is 5.52. The molecule has 1 N–H and O–H groups in total. The molecule has 16 heavy (non-hydrogen) atoms. The van der Waals surface area contributed by atoms with Gasteiger partial charge in [-0.25, -0.2) is 0 Å². The number of fused-ring (bicyclic) bond motifs is 1. The molecule has 3 nitrogen and oxygen atoms in total. The van der Waals surface area contributed by atoms with Gasteiger partial charge in [0.15, 0.2) is 0 Å². The molecular weight excluding hydrogens is 222 g/mol. The Morgan fingerprint density at radius 3 is 3.12 bits per heavy atom. The molecule has 0 aromatic heterocycles. The summed E-state index contributed by atoms with van der Waals surface area (Å²) in [5.41, 5.74) is -0.243. The first-order valence-corrected chi connectivity index (χ1v) is 7.16. The molecule has 0 aliphatic carbocycles. The summed E-state index contributed by atoms with van der Waals surface area (Å²) in [6.45, 7) is 3.15. The van der Waals surface area contributed by atoms with Gasteiger partial charge in [-0.1, -0.05) is 31.5 Å². The number of aliphatic hydroxyl groups is 1. The summed E-state index contributed by atoms with van der Waals surface area (Å²) in [5, 5.41) is 10.7. The second-order valence-corrected chi connectivity index (χ2v) is 5.78. The van der Waals surface area contributed by atoms with Crippen LogP contribution in [0.4, 0.5) is 0 Å². The van der Waals surface area contributed by atoms with E-state index >= 15 is 0 Å². The van der Waals surface area contributed by atoms with Gasteiger partial charge in [-0.05, 0) is 25.7 Å². The highest BCUT2D eigenvalue weighted by atomic mass is 32.2. The quantitative estimate of drug-likeness (QED) is 0.755. The average molecular weight is 243 g/mol. The fraction of sp³-hybridized carbons (Fsp3) is 0.917. The standard InChI is InChI=1S/C12H21NO2S/c1-2-3-4-6-10-13-12(9-14)7-5-8-15-11(12)16-10/h11,14H,2-9H2,1H3. The van der Waals surface area contributed by atoms with E-state index in [1.54, 1.807) is 11.8 Å². The van der Waals surface area contributed by atoms with Crippen molar-refractivity contribution in [3.63, 3.8) is 0 Å². The third kappa shape index (κ3) is 2.44. The summed E-state index contributed by atoms with van der Waals surface area (Å²) in [7, 11) is 0. The van der Waals surface area contributed by atoms with Crippen molar-refractivity contribution in [2.45, 2.75) is 56.4 Å². The first kappa shape index (κ1) is 12.4. The topological polar surface area (TPSA) is 41.8 Å². The Bertz CT molecular complexity index is 270. The summed E-state index contributed by atoms with van der Waals surface area (Å²) >= 11 is 1.74. The van der Waals surface area contributed by atoms with Crippen LogP contribution in [-0.2, 0) is 4.74 Å². The third-order valence-electron chi connectivity index (χ3n) is 3.32. The van der Waals surface area contributed by atoms with E-state index in [9.17, 15) is 5.11 Å². The highest BCUT2D eigenvalue weighted by Gasteiger charge is 2.46. The van der Waals surface area contributed by atoms with Crippen molar-refractivity contribution < 1.29 is 9.84 Å². The fourth-order valence-corrected chi connectivity index (χ4v) is 3.69. The molecule has 0 amide bonds. The van der Waals surface area contributed by atoms with Gasteiger partial charge in [0.05, 0.1) is 11.7 Å². The number of ether oxygens (including phenoxy) is 1. The van der Waals surface area contributed by atoms with Gasteiger partial charge in [0.25, 0.3) is 0 Å². The van der Waals surface area contributed by atoms with Crippen molar-refractivity contribution >= 4 is 16.8 Å². The lowest BCUT2D eigenvalue weighted by Crippen LogP contribution is -2.44. The molecule has 0 aromatic carbocycles. The minimum absolute atomic E-state index is 0.0721. The molecule has 2 rings (SSSR count). The third-order valence-corrected chi connectivity index (χ3v) is 4.68. The van der Waals surface area contributed by atoms with Crippen LogP contribution < -0.4 is 0 Å². The monoisotopic (exact) mass is 243 g/mol. The molecule has 0 aromatic rings. The van der Waals surface area contributed by atoms with Crippen LogP contribution in [0.2, 0.25) is 0 Å². The average Bonchev–Trinajstić information content (AvgIpc) is 2.68. The molecule has 0 radical (unpaired) electrons. The lowest BCUT2D eigenvalue weighted by atomic mass is 9.94. The van der Waals surface area contributed by atoms with E-state index in [1.165, 1.54) is 24.3 Å². The van der Waals surface area contributed by atoms with Gasteiger partial charge in [0.2, 0.25) is 0 Å². The van der Waals surface area contributed by atoms with Crippen molar-refractivity contribution in [3.8, 4) is 0 Å². The van der Waals surface area contributed by atoms with Crippen LogP contribution in [0.25, 0.3) is 0 Å². The van der Waals surface area contributed by atoms with Crippen LogP contribution >= 0.6 is 11.8 Å². The van der Waals surface area contributed by atoms with Crippen LogP contribution in [0.1, 0.15) is 45.4 Å². The molecule has 1 saturated heterocycles. The minimum Gasteiger partial charge on any atom is -0.394 e. The zero-order valence-electron chi connectivity index (χ0n) is 9.95. The predicted molar refractivity (Wildman–Crippen MR) is 68.0 cm³/mol. The predicted octanol–water partition coefficient (Wildman–Crippen LogP) is 2.58. The van der Waals surface area contributed by atoms with Crippen LogP contribution in [0.15, 0.2) is 4.99 Å². The molecule has 92 valence electrons. The number of thioether (sulfide) groups is 1. The number of hydrogen-bond donors (Lipinski definition) is 1. The van der Waals surface area contributed by atoms with Gasteiger partial charge in [0.1, 0.15) is 11.0 Å². The van der Waals surface area contributed by atoms with E-state index in [2.05, 4.69) is 6.92 Å². The van der Waals surface area contributed by atoms with Crippen molar-refractivity contribution in [2.75, 3.05) is 13.2 Å². The number of nitrogens with zero attached hydrogens (tertiary/aromatic N) is 1. The first-order chi connectivity index (χ1) is 7.80. The largest absolute Gasteiger partial charge is 0.394 e. The second-order valence-electron chi connectivity index (χ2n) is 4.65. The van der Waals surface area contributed by atoms with E-state index in [4.69, 9.17) is 9.73 Å². The zero-order chi connectivity index (χ0) is 11.4. The van der Waals surface area contributed by atoms with E-state index in [0.717, 1.165) is 25.9 Å². The van der Waals surface area contributed by atoms with Gasteiger partial charge < -0.3 is 9.84 Å². The van der Waals surface area contributed by atoms with Crippen LogP contribution in [-0.4, -0.2) is 34.3 Å². The van der Waals surface area contributed by atoms with Crippen LogP contribution in [0.3, 0.4) is 0 Å². The molecular formula is C12H21NO2S. The maximum Gasteiger partial charge on any atom is 0.136 e. The SMILES string of the molecule is CCCCCC1=NC2(CO)CCCOC2S1. The summed E-state index contributed by atoms with van der Waals surface area (Å²) in [6, 6.07) is 0. The zero-order valence-corrected chi connectivity index (χ0v) is 10.8. The fourth-order valence-electron chi connectivity index (χ4n) is 2.32. The highest BCUT2D eigenvalue weighted by molar-refractivity contribution is 8.14. The number of aliphatic imine (C=N–C) groups is 1. The van der Waals surface area contributed by atoms with Gasteiger partial charge >= 0.3 is 0 Å². The summed E-state index contributed by atoms with van der Waals surface area (Å²) in [6.07, 6.45) is 6.75. The van der Waals surface area contributed by atoms with E-state index in [0.29, 0.717) is 0 Å². The number of hydrogen-bond acceptors (Lipinski definition) is 4. The van der Waals surface area contributed by atoms with Crippen LogP contribution in [0, 0.1) is 0 Å². The maximum atomic E-state index is 9.54. The molecule has 2 heterocycles. The van der Waals surface area contributed by atoms with Crippen molar-refractivity contribution in [2.24, 2.45) is 4.99 Å². The smallest absolute Gasteiger partial charge is 0.136 e. The van der Waals surface area contributed by atoms with E-state index in [-0.39, 0.29) is 17.6 Å². The lowest BCUT2D eigenvalue weighted by molar-refractivity contribution is -0.00545. The number of unbranched alkanes of at least 4 members (excludes halogenated alkanes) is 2. The summed E-state index contributed by atoms with van der Waals surface area (Å²) in [5.74, 6) is 0. The molecule has 0 saturated carbocycles. The number of aliphatic hydroxyl groups excluding tert-OH is 1. The maximum absolute atomic E-state index is 9.54. The highest BCUT2D eigenvalue weighted by Crippen LogP contribution is 2.43. The van der Waals surface area contributed by atoms with Gasteiger partial charge in [-0.3, -0.25) is 4.99 Å². The molecule has 4 heteroatoms. The number of rotatable bonds is 5. The van der Waals surface area contributed by atoms with Crippen molar-refractivity contribution in [1.29, 1.82) is 0 Å². The lowest BCUT2D eigenvalue weighted by Gasteiger charge is -2.34. The summed E-state index contributed by atoms with van der Waals surface area (Å²) < 4.78 is 5.72. The van der Waals surface area contributed by atoms with Gasteiger partial charge in [-0.15, -0.1) is 0 Å². The molecule has 0 bridgehead atoms. The molecule has 2 aliphatic rings.